The Morgan fingerprint density at radius 3 is 2.64 bits per heavy atom. The van der Waals surface area contributed by atoms with Gasteiger partial charge in [0, 0.05) is 59.5 Å². The lowest BCUT2D eigenvalue weighted by Crippen LogP contribution is -2.54. The van der Waals surface area contributed by atoms with Gasteiger partial charge in [0.05, 0.1) is 19.4 Å². The second kappa shape index (κ2) is 10.5. The zero-order valence-corrected chi connectivity index (χ0v) is 17.6. The first-order valence-corrected chi connectivity index (χ1v) is 10.3. The van der Waals surface area contributed by atoms with Gasteiger partial charge in [0.1, 0.15) is 5.75 Å². The van der Waals surface area contributed by atoms with Gasteiger partial charge in [-0.2, -0.15) is 0 Å². The first-order valence-electron chi connectivity index (χ1n) is 10.3. The molecule has 156 valence electrons. The number of hydrogen-bond acceptors (Lipinski definition) is 5. The topological polar surface area (TPSA) is 52.6 Å². The average Bonchev–Trinajstić information content (AvgIpc) is 3.20. The molecular formula is C21H35N5O2. The number of methoxy groups -OCH3 is 2. The third-order valence-electron chi connectivity index (χ3n) is 5.79. The second-order valence-electron chi connectivity index (χ2n) is 7.40. The van der Waals surface area contributed by atoms with Crippen molar-refractivity contribution in [3.05, 3.63) is 24.3 Å². The van der Waals surface area contributed by atoms with Crippen LogP contribution in [0.5, 0.6) is 5.75 Å². The molecule has 28 heavy (non-hydrogen) atoms. The van der Waals surface area contributed by atoms with Gasteiger partial charge in [-0.05, 0) is 31.5 Å². The van der Waals surface area contributed by atoms with Crippen molar-refractivity contribution >= 4 is 11.6 Å². The number of aliphatic imine (C=N–C) groups is 1. The largest absolute Gasteiger partial charge is 0.495 e. The van der Waals surface area contributed by atoms with Crippen molar-refractivity contribution in [1.82, 2.24) is 15.1 Å². The average molecular weight is 390 g/mol. The molecular weight excluding hydrogens is 354 g/mol. The molecule has 2 fully saturated rings. The number of ether oxygens (including phenoxy) is 2. The third kappa shape index (κ3) is 5.08. The lowest BCUT2D eigenvalue weighted by atomic mass is 10.2. The SMILES string of the molecule is CN=C(NCC1CCCN1CCOC)N1CCN(c2ccccc2OC)CC1. The van der Waals surface area contributed by atoms with E-state index < -0.39 is 0 Å². The number of nitrogens with zero attached hydrogens (tertiary/aromatic N) is 4. The number of guanidine groups is 1. The molecule has 0 radical (unpaired) electrons. The molecule has 0 saturated carbocycles. The van der Waals surface area contributed by atoms with E-state index in [4.69, 9.17) is 9.47 Å². The quantitative estimate of drug-likeness (QED) is 0.564. The predicted molar refractivity (Wildman–Crippen MR) is 115 cm³/mol. The molecule has 0 bridgehead atoms. The molecule has 7 heteroatoms. The van der Waals surface area contributed by atoms with Crippen LogP contribution in [0.25, 0.3) is 0 Å². The highest BCUT2D eigenvalue weighted by Crippen LogP contribution is 2.28. The molecule has 1 atom stereocenters. The van der Waals surface area contributed by atoms with Crippen LogP contribution in [0.4, 0.5) is 5.69 Å². The van der Waals surface area contributed by atoms with E-state index in [9.17, 15) is 0 Å². The van der Waals surface area contributed by atoms with Gasteiger partial charge in [-0.25, -0.2) is 0 Å². The van der Waals surface area contributed by atoms with E-state index in [-0.39, 0.29) is 0 Å². The summed E-state index contributed by atoms with van der Waals surface area (Å²) in [7, 11) is 5.39. The zero-order valence-electron chi connectivity index (χ0n) is 17.6. The Morgan fingerprint density at radius 1 is 1.14 bits per heavy atom. The minimum Gasteiger partial charge on any atom is -0.495 e. The van der Waals surface area contributed by atoms with Crippen LogP contribution >= 0.6 is 0 Å². The minimum absolute atomic E-state index is 0.571. The van der Waals surface area contributed by atoms with Crippen LogP contribution in [0, 0.1) is 0 Å². The van der Waals surface area contributed by atoms with Gasteiger partial charge in [0.25, 0.3) is 0 Å². The summed E-state index contributed by atoms with van der Waals surface area (Å²) in [5.41, 5.74) is 1.17. The standard InChI is InChI=1S/C21H35N5O2/c1-22-21(23-17-18-7-6-10-24(18)15-16-27-2)26-13-11-25(12-14-26)19-8-4-5-9-20(19)28-3/h4-5,8-9,18H,6-7,10-17H2,1-3H3,(H,22,23). The molecule has 3 rings (SSSR count). The van der Waals surface area contributed by atoms with Gasteiger partial charge in [0.15, 0.2) is 5.96 Å². The number of nitrogens with one attached hydrogen (secondary N) is 1. The summed E-state index contributed by atoms with van der Waals surface area (Å²) in [6.45, 7) is 7.77. The highest BCUT2D eigenvalue weighted by Gasteiger charge is 2.26. The van der Waals surface area contributed by atoms with Crippen molar-refractivity contribution in [1.29, 1.82) is 0 Å². The van der Waals surface area contributed by atoms with E-state index >= 15 is 0 Å². The van der Waals surface area contributed by atoms with Gasteiger partial charge in [-0.1, -0.05) is 12.1 Å². The summed E-state index contributed by atoms with van der Waals surface area (Å²) in [6.07, 6.45) is 2.52. The Morgan fingerprint density at radius 2 is 1.93 bits per heavy atom. The molecule has 2 aliphatic heterocycles. The van der Waals surface area contributed by atoms with Crippen molar-refractivity contribution in [2.45, 2.75) is 18.9 Å². The lowest BCUT2D eigenvalue weighted by molar-refractivity contribution is 0.141. The number of likely N-dealkylation sites (tertiary alicyclic amines) is 1. The molecule has 7 nitrogen and oxygen atoms in total. The normalized spacial score (nSPS) is 21.2. The summed E-state index contributed by atoms with van der Waals surface area (Å²) < 4.78 is 10.8. The molecule has 1 N–H and O–H groups in total. The van der Waals surface area contributed by atoms with Crippen molar-refractivity contribution in [3.63, 3.8) is 0 Å². The van der Waals surface area contributed by atoms with E-state index in [1.807, 2.05) is 19.2 Å². The molecule has 0 aliphatic carbocycles. The number of benzene rings is 1. The molecule has 0 amide bonds. The maximum atomic E-state index is 5.52. The summed E-state index contributed by atoms with van der Waals surface area (Å²) >= 11 is 0. The summed E-state index contributed by atoms with van der Waals surface area (Å²) in [5, 5.41) is 3.61. The van der Waals surface area contributed by atoms with E-state index in [0.717, 1.165) is 57.6 Å². The predicted octanol–water partition coefficient (Wildman–Crippen LogP) is 1.50. The maximum absolute atomic E-state index is 5.52. The molecule has 0 spiro atoms. The molecule has 2 saturated heterocycles. The van der Waals surface area contributed by atoms with Crippen LogP contribution in [-0.4, -0.2) is 95.5 Å². The molecule has 2 aliphatic rings. The molecule has 1 unspecified atom stereocenters. The zero-order chi connectivity index (χ0) is 19.8. The van der Waals surface area contributed by atoms with E-state index in [1.165, 1.54) is 25.1 Å². The van der Waals surface area contributed by atoms with Crippen LogP contribution in [0.2, 0.25) is 0 Å². The van der Waals surface area contributed by atoms with Crippen LogP contribution < -0.4 is 15.0 Å². The van der Waals surface area contributed by atoms with Gasteiger partial charge in [-0.3, -0.25) is 9.89 Å². The number of piperazine rings is 1. The van der Waals surface area contributed by atoms with Gasteiger partial charge in [0.2, 0.25) is 0 Å². The fourth-order valence-electron chi connectivity index (χ4n) is 4.22. The Hall–Kier alpha value is -1.99. The fraction of sp³-hybridized carbons (Fsp3) is 0.667. The summed E-state index contributed by atoms with van der Waals surface area (Å²) in [4.78, 5) is 11.8. The summed E-state index contributed by atoms with van der Waals surface area (Å²) in [6, 6.07) is 8.82. The molecule has 0 aromatic heterocycles. The van der Waals surface area contributed by atoms with Gasteiger partial charge < -0.3 is 24.6 Å². The van der Waals surface area contributed by atoms with Gasteiger partial charge >= 0.3 is 0 Å². The number of rotatable bonds is 7. The smallest absolute Gasteiger partial charge is 0.193 e. The minimum atomic E-state index is 0.571. The lowest BCUT2D eigenvalue weighted by Gasteiger charge is -2.38. The highest BCUT2D eigenvalue weighted by atomic mass is 16.5. The van der Waals surface area contributed by atoms with Crippen LogP contribution in [0.15, 0.2) is 29.3 Å². The second-order valence-corrected chi connectivity index (χ2v) is 7.40. The Balaban J connectivity index is 1.50. The first kappa shape index (κ1) is 20.7. The fourth-order valence-corrected chi connectivity index (χ4v) is 4.22. The maximum Gasteiger partial charge on any atom is 0.193 e. The van der Waals surface area contributed by atoms with Crippen molar-refractivity contribution < 1.29 is 9.47 Å². The highest BCUT2D eigenvalue weighted by molar-refractivity contribution is 5.80. The Bertz CT molecular complexity index is 631. The number of para-hydroxylation sites is 2. The Labute approximate surface area is 169 Å². The van der Waals surface area contributed by atoms with E-state index in [2.05, 4.69) is 37.1 Å². The van der Waals surface area contributed by atoms with Crippen LogP contribution in [0.1, 0.15) is 12.8 Å². The third-order valence-corrected chi connectivity index (χ3v) is 5.79. The van der Waals surface area contributed by atoms with Crippen LogP contribution in [0.3, 0.4) is 0 Å². The Kier molecular flexibility index (Phi) is 7.80. The first-order chi connectivity index (χ1) is 13.8. The molecule has 1 aromatic carbocycles. The van der Waals surface area contributed by atoms with Crippen molar-refractivity contribution in [2.24, 2.45) is 4.99 Å². The molecule has 2 heterocycles. The van der Waals surface area contributed by atoms with Crippen LogP contribution in [-0.2, 0) is 4.74 Å². The monoisotopic (exact) mass is 389 g/mol. The number of hydrogen-bond donors (Lipinski definition) is 1. The number of anilines is 1. The van der Waals surface area contributed by atoms with E-state index in [0.29, 0.717) is 6.04 Å². The molecule has 1 aromatic rings. The van der Waals surface area contributed by atoms with Crippen molar-refractivity contribution in [3.8, 4) is 5.75 Å². The van der Waals surface area contributed by atoms with E-state index in [1.54, 1.807) is 14.2 Å². The van der Waals surface area contributed by atoms with Gasteiger partial charge in [-0.15, -0.1) is 0 Å². The summed E-state index contributed by atoms with van der Waals surface area (Å²) in [5.74, 6) is 1.95. The van der Waals surface area contributed by atoms with Crippen molar-refractivity contribution in [2.75, 3.05) is 78.6 Å².